The third kappa shape index (κ3) is 9.40. The van der Waals surface area contributed by atoms with E-state index in [2.05, 4.69) is 0 Å². The Morgan fingerprint density at radius 3 is 1.75 bits per heavy atom. The minimum atomic E-state index is -4.10. The van der Waals surface area contributed by atoms with E-state index in [9.17, 15) is 8.42 Å². The molecule has 0 unspecified atom stereocenters. The predicted molar refractivity (Wildman–Crippen MR) is 30.5 cm³/mol. The van der Waals surface area contributed by atoms with Crippen molar-refractivity contribution in [2.75, 3.05) is 0 Å². The summed E-state index contributed by atoms with van der Waals surface area (Å²) < 4.78 is 26.8. The van der Waals surface area contributed by atoms with Gasteiger partial charge in [0.05, 0.1) is 11.7 Å². The van der Waals surface area contributed by atoms with Crippen LogP contribution in [0.3, 0.4) is 0 Å². The van der Waals surface area contributed by atoms with Crippen LogP contribution < -0.4 is 0 Å². The van der Waals surface area contributed by atoms with Crippen LogP contribution in [0.1, 0.15) is 0 Å². The molecule has 6 heteroatoms. The molecule has 0 aliphatic rings. The molecule has 2 N–H and O–H groups in total. The van der Waals surface area contributed by atoms with Crippen LogP contribution in [0.4, 0.5) is 0 Å². The molecule has 8 heavy (non-hydrogen) atoms. The Balaban J connectivity index is 0. The van der Waals surface area contributed by atoms with Crippen molar-refractivity contribution in [3.63, 3.8) is 0 Å². The van der Waals surface area contributed by atoms with Gasteiger partial charge < -0.3 is 5.11 Å². The molecule has 0 rings (SSSR count). The zero-order valence-electron chi connectivity index (χ0n) is 3.27. The van der Waals surface area contributed by atoms with E-state index in [-0.39, 0.29) is 30.5 Å². The van der Waals surface area contributed by atoms with E-state index in [1.54, 1.807) is 0 Å². The summed E-state index contributed by atoms with van der Waals surface area (Å²) in [6, 6.07) is 0. The Bertz CT molecular complexity index is 157. The Morgan fingerprint density at radius 1 is 1.38 bits per heavy atom. The second kappa shape index (κ2) is 3.98. The summed E-state index contributed by atoms with van der Waals surface area (Å²) in [6.07, 6.45) is 0.245. The van der Waals surface area contributed by atoms with E-state index in [4.69, 9.17) is 9.66 Å². The number of rotatable bonds is 1. The number of hydrogen-bond donors (Lipinski definition) is 2. The average molecular weight is 132 g/mol. The molecule has 0 fully saturated rings. The van der Waals surface area contributed by atoms with Gasteiger partial charge in [-0.25, -0.2) is 0 Å². The van der Waals surface area contributed by atoms with Crippen LogP contribution in [0.25, 0.3) is 0 Å². The molecule has 4 nitrogen and oxygen atoms in total. The molecule has 0 aliphatic carbocycles. The normalized spacial score (nSPS) is 11.1. The van der Waals surface area contributed by atoms with Crippen LogP contribution in [-0.2, 0) is 10.1 Å². The van der Waals surface area contributed by atoms with Crippen molar-refractivity contribution < 1.29 is 18.1 Å². The maximum atomic E-state index is 9.54. The molecule has 0 aromatic carbocycles. The maximum absolute atomic E-state index is 9.54. The SMILES string of the molecule is O=S(=O)(O)C=CO.[LiH]. The average Bonchev–Trinajstić information content (AvgIpc) is 1.30. The van der Waals surface area contributed by atoms with Crippen LogP contribution >= 0.6 is 0 Å². The first-order valence-corrected chi connectivity index (χ1v) is 2.85. The van der Waals surface area contributed by atoms with Crippen LogP contribution in [0.5, 0.6) is 0 Å². The monoisotopic (exact) mass is 132 g/mol. The Hall–Kier alpha value is 0.0474. The van der Waals surface area contributed by atoms with Gasteiger partial charge in [-0.15, -0.1) is 0 Å². The van der Waals surface area contributed by atoms with Gasteiger partial charge in [0.15, 0.2) is 0 Å². The first kappa shape index (κ1) is 10.9. The molecule has 0 saturated heterocycles. The van der Waals surface area contributed by atoms with Crippen molar-refractivity contribution in [2.24, 2.45) is 0 Å². The van der Waals surface area contributed by atoms with Gasteiger partial charge in [0, 0.05) is 0 Å². The topological polar surface area (TPSA) is 74.6 Å². The van der Waals surface area contributed by atoms with Gasteiger partial charge >= 0.3 is 18.9 Å². The number of aliphatic hydroxyl groups is 1. The van der Waals surface area contributed by atoms with Gasteiger partial charge in [-0.2, -0.15) is 8.42 Å². The molecule has 0 saturated carbocycles. The molecule has 0 amide bonds. The molecule has 0 aromatic rings. The van der Waals surface area contributed by atoms with Crippen LogP contribution in [-0.4, -0.2) is 36.9 Å². The second-order valence-electron chi connectivity index (χ2n) is 0.800. The summed E-state index contributed by atoms with van der Waals surface area (Å²) in [7, 11) is -4.10. The fourth-order valence-electron chi connectivity index (χ4n) is 0.0769. The molecule has 0 atom stereocenters. The van der Waals surface area contributed by atoms with E-state index < -0.39 is 10.1 Å². The Morgan fingerprint density at radius 2 is 1.75 bits per heavy atom. The third-order valence-electron chi connectivity index (χ3n) is 0.233. The first-order chi connectivity index (χ1) is 3.06. The third-order valence-corrected chi connectivity index (χ3v) is 0.698. The first-order valence-electron chi connectivity index (χ1n) is 1.34. The molecule has 0 heterocycles. The van der Waals surface area contributed by atoms with Gasteiger partial charge in [-0.05, 0) is 0 Å². The van der Waals surface area contributed by atoms with Crippen LogP contribution in [0.15, 0.2) is 11.7 Å². The van der Waals surface area contributed by atoms with Crippen molar-refractivity contribution in [1.29, 1.82) is 0 Å². The van der Waals surface area contributed by atoms with E-state index in [0.29, 0.717) is 0 Å². The van der Waals surface area contributed by atoms with Gasteiger partial charge in [0.25, 0.3) is 10.1 Å². The number of hydrogen-bond acceptors (Lipinski definition) is 3. The second-order valence-corrected chi connectivity index (χ2v) is 2.10. The summed E-state index contributed by atoms with van der Waals surface area (Å²) in [6.45, 7) is 0. The van der Waals surface area contributed by atoms with Crippen molar-refractivity contribution >= 4 is 29.0 Å². The van der Waals surface area contributed by atoms with Crippen molar-refractivity contribution in [3.05, 3.63) is 11.7 Å². The van der Waals surface area contributed by atoms with Gasteiger partial charge in [-0.3, -0.25) is 4.55 Å². The molecule has 0 aromatic heterocycles. The molecular formula is C2H5LiO4S. The zero-order valence-corrected chi connectivity index (χ0v) is 4.09. The molecule has 44 valence electrons. The van der Waals surface area contributed by atoms with Crippen LogP contribution in [0.2, 0.25) is 0 Å². The summed E-state index contributed by atoms with van der Waals surface area (Å²) in [4.78, 5) is 0. The molecule has 0 radical (unpaired) electrons. The summed E-state index contributed by atoms with van der Waals surface area (Å²) >= 11 is 0. The zero-order chi connectivity index (χ0) is 5.91. The summed E-state index contributed by atoms with van der Waals surface area (Å²) in [5, 5.41) is 7.95. The predicted octanol–water partition coefficient (Wildman–Crippen LogP) is -0.745. The Labute approximate surface area is 59.1 Å². The van der Waals surface area contributed by atoms with E-state index >= 15 is 0 Å². The minimum absolute atomic E-state index is 0. The molecule has 0 spiro atoms. The summed E-state index contributed by atoms with van der Waals surface area (Å²) in [5.74, 6) is 0. The van der Waals surface area contributed by atoms with E-state index in [1.165, 1.54) is 0 Å². The van der Waals surface area contributed by atoms with E-state index in [1.807, 2.05) is 0 Å². The van der Waals surface area contributed by atoms with Gasteiger partial charge in [0.2, 0.25) is 0 Å². The fourth-order valence-corrected chi connectivity index (χ4v) is 0.231. The number of aliphatic hydroxyl groups excluding tert-OH is 1. The van der Waals surface area contributed by atoms with Crippen LogP contribution in [0, 0.1) is 0 Å². The van der Waals surface area contributed by atoms with Gasteiger partial charge in [-0.1, -0.05) is 0 Å². The van der Waals surface area contributed by atoms with E-state index in [0.717, 1.165) is 0 Å². The summed E-state index contributed by atoms with van der Waals surface area (Å²) in [5.41, 5.74) is 0. The van der Waals surface area contributed by atoms with Crippen molar-refractivity contribution in [2.45, 2.75) is 0 Å². The quantitative estimate of drug-likeness (QED) is 0.280. The molecular weight excluding hydrogens is 127 g/mol. The van der Waals surface area contributed by atoms with Gasteiger partial charge in [0.1, 0.15) is 0 Å². The van der Waals surface area contributed by atoms with Crippen molar-refractivity contribution in [1.82, 2.24) is 0 Å². The molecule has 0 aliphatic heterocycles. The van der Waals surface area contributed by atoms with Crippen molar-refractivity contribution in [3.8, 4) is 0 Å². The fraction of sp³-hybridized carbons (Fsp3) is 0. The standard InChI is InChI=1S/C2H4O4S.Li.H/c3-1-2-7(4,5)6;;/h1-3H,(H,4,5,6);;. The molecule has 0 bridgehead atoms. The Kier molecular flexibility index (Phi) is 5.44.